The standard InChI is InChI=1S/C11H11N5S2/c1-15(2)8-9(7-12)17-11-14-13-10(18-11)16-5-3-4-6-16/h3-6,8H,1-2H3. The Morgan fingerprint density at radius 1 is 1.44 bits per heavy atom. The van der Waals surface area contributed by atoms with E-state index in [1.54, 1.807) is 6.20 Å². The maximum atomic E-state index is 9.01. The van der Waals surface area contributed by atoms with Crippen LogP contribution in [0.1, 0.15) is 0 Å². The summed E-state index contributed by atoms with van der Waals surface area (Å²) >= 11 is 2.78. The van der Waals surface area contributed by atoms with Gasteiger partial charge >= 0.3 is 0 Å². The lowest BCUT2D eigenvalue weighted by atomic mass is 10.6. The van der Waals surface area contributed by atoms with Crippen LogP contribution in [0.4, 0.5) is 0 Å². The van der Waals surface area contributed by atoms with Crippen LogP contribution in [-0.2, 0) is 0 Å². The fourth-order valence-corrected chi connectivity index (χ4v) is 3.00. The minimum absolute atomic E-state index is 0.593. The molecule has 0 aliphatic heterocycles. The molecule has 0 atom stereocenters. The molecular weight excluding hydrogens is 266 g/mol. The Kier molecular flexibility index (Phi) is 4.02. The third-order valence-corrected chi connectivity index (χ3v) is 3.81. The van der Waals surface area contributed by atoms with Gasteiger partial charge in [-0.15, -0.1) is 10.2 Å². The molecule has 2 aromatic rings. The van der Waals surface area contributed by atoms with E-state index in [1.165, 1.54) is 23.1 Å². The Morgan fingerprint density at radius 3 is 2.78 bits per heavy atom. The highest BCUT2D eigenvalue weighted by Crippen LogP contribution is 2.30. The number of allylic oxidation sites excluding steroid dienone is 1. The molecule has 0 aromatic carbocycles. The zero-order chi connectivity index (χ0) is 13.0. The lowest BCUT2D eigenvalue weighted by molar-refractivity contribution is 0.563. The molecule has 7 heteroatoms. The fraction of sp³-hybridized carbons (Fsp3) is 0.182. The fourth-order valence-electron chi connectivity index (χ4n) is 1.22. The number of thioether (sulfide) groups is 1. The van der Waals surface area contributed by atoms with Gasteiger partial charge in [0.25, 0.3) is 0 Å². The second kappa shape index (κ2) is 5.71. The van der Waals surface area contributed by atoms with E-state index in [9.17, 15) is 0 Å². The van der Waals surface area contributed by atoms with Crippen LogP contribution in [-0.4, -0.2) is 33.8 Å². The summed E-state index contributed by atoms with van der Waals surface area (Å²) < 4.78 is 2.65. The van der Waals surface area contributed by atoms with Crippen LogP contribution < -0.4 is 0 Å². The monoisotopic (exact) mass is 277 g/mol. The van der Waals surface area contributed by atoms with E-state index in [4.69, 9.17) is 5.26 Å². The first-order chi connectivity index (χ1) is 8.69. The first-order valence-electron chi connectivity index (χ1n) is 5.12. The highest BCUT2D eigenvalue weighted by molar-refractivity contribution is 8.05. The van der Waals surface area contributed by atoms with Gasteiger partial charge < -0.3 is 4.90 Å². The van der Waals surface area contributed by atoms with Crippen LogP contribution in [0.2, 0.25) is 0 Å². The Balaban J connectivity index is 2.14. The zero-order valence-corrected chi connectivity index (χ0v) is 11.6. The lowest BCUT2D eigenvalue weighted by Crippen LogP contribution is -2.01. The van der Waals surface area contributed by atoms with Crippen molar-refractivity contribution in [2.75, 3.05) is 14.1 Å². The molecule has 0 spiro atoms. The van der Waals surface area contributed by atoms with Gasteiger partial charge in [-0.05, 0) is 23.9 Å². The van der Waals surface area contributed by atoms with Crippen molar-refractivity contribution in [1.82, 2.24) is 19.7 Å². The predicted octanol–water partition coefficient (Wildman–Crippen LogP) is 2.35. The molecule has 18 heavy (non-hydrogen) atoms. The van der Waals surface area contributed by atoms with E-state index < -0.39 is 0 Å². The van der Waals surface area contributed by atoms with Crippen LogP contribution in [0, 0.1) is 11.3 Å². The summed E-state index contributed by atoms with van der Waals surface area (Å²) in [6, 6.07) is 6.00. The SMILES string of the molecule is CN(C)C=C(C#N)Sc1nnc(-n2cccc2)s1. The molecule has 0 aliphatic rings. The van der Waals surface area contributed by atoms with E-state index in [1.807, 2.05) is 48.1 Å². The molecule has 5 nitrogen and oxygen atoms in total. The molecule has 0 saturated heterocycles. The minimum Gasteiger partial charge on any atom is -0.382 e. The molecule has 2 heterocycles. The van der Waals surface area contributed by atoms with Crippen LogP contribution in [0.25, 0.3) is 5.13 Å². The summed E-state index contributed by atoms with van der Waals surface area (Å²) in [6.45, 7) is 0. The van der Waals surface area contributed by atoms with Gasteiger partial charge in [-0.1, -0.05) is 11.3 Å². The van der Waals surface area contributed by atoms with Crippen molar-refractivity contribution in [3.05, 3.63) is 35.6 Å². The number of aromatic nitrogens is 3. The normalized spacial score (nSPS) is 11.3. The third kappa shape index (κ3) is 3.12. The second-order valence-corrected chi connectivity index (χ2v) is 5.86. The topological polar surface area (TPSA) is 57.7 Å². The number of hydrogen-bond donors (Lipinski definition) is 0. The number of nitriles is 1. The summed E-state index contributed by atoms with van der Waals surface area (Å²) in [6.07, 6.45) is 5.59. The summed E-state index contributed by atoms with van der Waals surface area (Å²) in [5.41, 5.74) is 0. The van der Waals surface area contributed by atoms with Crippen molar-refractivity contribution in [3.8, 4) is 11.2 Å². The molecule has 0 saturated carbocycles. The summed E-state index contributed by atoms with van der Waals surface area (Å²) in [7, 11) is 3.76. The van der Waals surface area contributed by atoms with Crippen LogP contribution >= 0.6 is 23.1 Å². The van der Waals surface area contributed by atoms with Gasteiger partial charge in [0.2, 0.25) is 5.13 Å². The molecule has 0 amide bonds. The van der Waals surface area contributed by atoms with Gasteiger partial charge in [0.05, 0.1) is 0 Å². The van der Waals surface area contributed by atoms with Gasteiger partial charge in [-0.2, -0.15) is 5.26 Å². The predicted molar refractivity (Wildman–Crippen MR) is 72.5 cm³/mol. The van der Waals surface area contributed by atoms with E-state index in [0.717, 1.165) is 9.47 Å². The molecule has 2 rings (SSSR count). The van der Waals surface area contributed by atoms with Crippen molar-refractivity contribution >= 4 is 23.1 Å². The Hall–Kier alpha value is -1.78. The van der Waals surface area contributed by atoms with E-state index >= 15 is 0 Å². The van der Waals surface area contributed by atoms with E-state index in [-0.39, 0.29) is 0 Å². The average molecular weight is 277 g/mol. The number of nitrogens with zero attached hydrogens (tertiary/aromatic N) is 5. The molecule has 0 unspecified atom stereocenters. The van der Waals surface area contributed by atoms with Gasteiger partial charge in [0.15, 0.2) is 4.34 Å². The second-order valence-electron chi connectivity index (χ2n) is 3.61. The molecule has 0 radical (unpaired) electrons. The van der Waals surface area contributed by atoms with Crippen molar-refractivity contribution in [3.63, 3.8) is 0 Å². The Morgan fingerprint density at radius 2 is 2.17 bits per heavy atom. The maximum absolute atomic E-state index is 9.01. The van der Waals surface area contributed by atoms with Gasteiger partial charge in [-0.25, -0.2) is 0 Å². The van der Waals surface area contributed by atoms with Crippen molar-refractivity contribution in [2.24, 2.45) is 0 Å². The molecular formula is C11H11N5S2. The molecule has 92 valence electrons. The number of rotatable bonds is 4. The molecule has 0 bridgehead atoms. The van der Waals surface area contributed by atoms with Crippen molar-refractivity contribution < 1.29 is 0 Å². The molecule has 0 aliphatic carbocycles. The van der Waals surface area contributed by atoms with E-state index in [2.05, 4.69) is 16.3 Å². The molecule has 2 aromatic heterocycles. The zero-order valence-electron chi connectivity index (χ0n) is 9.94. The molecule has 0 N–H and O–H groups in total. The summed E-state index contributed by atoms with van der Waals surface area (Å²) in [5, 5.41) is 18.0. The summed E-state index contributed by atoms with van der Waals surface area (Å²) in [5.74, 6) is 0. The Bertz CT molecular complexity index is 577. The first kappa shape index (κ1) is 12.7. The van der Waals surface area contributed by atoms with Gasteiger partial charge in [-0.3, -0.25) is 4.57 Å². The first-order valence-corrected chi connectivity index (χ1v) is 6.75. The molecule has 0 fully saturated rings. The largest absolute Gasteiger partial charge is 0.382 e. The van der Waals surface area contributed by atoms with Crippen LogP contribution in [0.15, 0.2) is 40.0 Å². The smallest absolute Gasteiger partial charge is 0.217 e. The van der Waals surface area contributed by atoms with Gasteiger partial charge in [0, 0.05) is 32.7 Å². The summed E-state index contributed by atoms with van der Waals surface area (Å²) in [4.78, 5) is 2.43. The van der Waals surface area contributed by atoms with Crippen molar-refractivity contribution in [1.29, 1.82) is 5.26 Å². The highest BCUT2D eigenvalue weighted by atomic mass is 32.2. The van der Waals surface area contributed by atoms with Crippen LogP contribution in [0.3, 0.4) is 0 Å². The van der Waals surface area contributed by atoms with Crippen molar-refractivity contribution in [2.45, 2.75) is 4.34 Å². The number of hydrogen-bond acceptors (Lipinski definition) is 6. The van der Waals surface area contributed by atoms with E-state index in [0.29, 0.717) is 4.91 Å². The average Bonchev–Trinajstić information content (AvgIpc) is 2.97. The van der Waals surface area contributed by atoms with Gasteiger partial charge in [0.1, 0.15) is 11.0 Å². The quantitative estimate of drug-likeness (QED) is 0.634. The third-order valence-electron chi connectivity index (χ3n) is 1.90. The Labute approximate surface area is 113 Å². The highest BCUT2D eigenvalue weighted by Gasteiger charge is 2.08. The maximum Gasteiger partial charge on any atom is 0.217 e. The lowest BCUT2D eigenvalue weighted by Gasteiger charge is -2.04. The van der Waals surface area contributed by atoms with Crippen LogP contribution in [0.5, 0.6) is 0 Å². The minimum atomic E-state index is 0.593.